The molecule has 0 heterocycles. The molecule has 6 nitrogen and oxygen atoms in total. The summed E-state index contributed by atoms with van der Waals surface area (Å²) in [5, 5.41) is 0. The highest BCUT2D eigenvalue weighted by molar-refractivity contribution is 5.71. The van der Waals surface area contributed by atoms with Crippen LogP contribution in [0.2, 0.25) is 0 Å². The molecule has 0 rings (SSSR count). The first-order chi connectivity index (χ1) is 30.0. The lowest BCUT2D eigenvalue weighted by Gasteiger charge is -2.18. The summed E-state index contributed by atoms with van der Waals surface area (Å²) in [7, 11) is 0. The quantitative estimate of drug-likeness (QED) is 0.0201. The lowest BCUT2D eigenvalue weighted by molar-refractivity contribution is -0.167. The molecule has 0 N–H and O–H groups in total. The number of allylic oxidation sites excluding steroid dienone is 20. The van der Waals surface area contributed by atoms with Gasteiger partial charge < -0.3 is 14.2 Å². The minimum absolute atomic E-state index is 0.114. The van der Waals surface area contributed by atoms with Crippen LogP contribution in [0.5, 0.6) is 0 Å². The van der Waals surface area contributed by atoms with Gasteiger partial charge in [0.1, 0.15) is 13.2 Å². The number of esters is 3. The first kappa shape index (κ1) is 56.8. The van der Waals surface area contributed by atoms with Crippen LogP contribution in [0.15, 0.2) is 122 Å². The number of ether oxygens (including phenoxy) is 3. The number of carbonyl (C=O) groups is 3. The maximum absolute atomic E-state index is 12.8. The van der Waals surface area contributed by atoms with Crippen molar-refractivity contribution < 1.29 is 28.6 Å². The highest BCUT2D eigenvalue weighted by Crippen LogP contribution is 2.12. The van der Waals surface area contributed by atoms with E-state index in [0.29, 0.717) is 12.8 Å². The molecule has 0 radical (unpaired) electrons. The zero-order chi connectivity index (χ0) is 44.4. The summed E-state index contributed by atoms with van der Waals surface area (Å²) in [5.74, 6) is -1.02. The van der Waals surface area contributed by atoms with Crippen molar-refractivity contribution in [2.75, 3.05) is 13.2 Å². The van der Waals surface area contributed by atoms with Crippen LogP contribution in [0.3, 0.4) is 0 Å². The number of hydrogen-bond donors (Lipinski definition) is 0. The van der Waals surface area contributed by atoms with E-state index in [0.717, 1.165) is 116 Å². The fourth-order valence-corrected chi connectivity index (χ4v) is 5.94. The molecule has 0 fully saturated rings. The Bertz CT molecular complexity index is 1340. The van der Waals surface area contributed by atoms with Gasteiger partial charge in [0.15, 0.2) is 6.10 Å². The average molecular weight is 843 g/mol. The Hall–Kier alpha value is -4.19. The van der Waals surface area contributed by atoms with E-state index in [1.165, 1.54) is 25.7 Å². The van der Waals surface area contributed by atoms with Crippen molar-refractivity contribution in [1.29, 1.82) is 0 Å². The summed E-state index contributed by atoms with van der Waals surface area (Å²) >= 11 is 0. The molecule has 0 aromatic heterocycles. The Balaban J connectivity index is 4.55. The molecule has 0 saturated carbocycles. The van der Waals surface area contributed by atoms with E-state index in [9.17, 15) is 14.4 Å². The molecule has 1 atom stereocenters. The van der Waals surface area contributed by atoms with Crippen LogP contribution in [-0.2, 0) is 28.6 Å². The minimum Gasteiger partial charge on any atom is -0.462 e. The average Bonchev–Trinajstić information content (AvgIpc) is 3.26. The van der Waals surface area contributed by atoms with E-state index in [4.69, 9.17) is 14.2 Å². The molecule has 1 unspecified atom stereocenters. The first-order valence-electron chi connectivity index (χ1n) is 24.1. The van der Waals surface area contributed by atoms with Gasteiger partial charge in [-0.3, -0.25) is 14.4 Å². The second-order valence-corrected chi connectivity index (χ2v) is 15.3. The summed E-state index contributed by atoms with van der Waals surface area (Å²) in [6.07, 6.45) is 66.1. The van der Waals surface area contributed by atoms with Crippen molar-refractivity contribution in [2.45, 2.75) is 194 Å². The molecule has 342 valence electrons. The van der Waals surface area contributed by atoms with E-state index in [1.807, 2.05) is 24.3 Å². The van der Waals surface area contributed by atoms with E-state index in [2.05, 4.69) is 118 Å². The van der Waals surface area contributed by atoms with Crippen LogP contribution in [0, 0.1) is 0 Å². The van der Waals surface area contributed by atoms with Crippen LogP contribution in [-0.4, -0.2) is 37.2 Å². The van der Waals surface area contributed by atoms with Gasteiger partial charge in [-0.2, -0.15) is 0 Å². The van der Waals surface area contributed by atoms with Crippen LogP contribution in [0.25, 0.3) is 0 Å². The summed E-state index contributed by atoms with van der Waals surface area (Å²) < 4.78 is 16.7. The van der Waals surface area contributed by atoms with Gasteiger partial charge in [0, 0.05) is 19.3 Å². The SMILES string of the molecule is CC\C=C/C=C\C=C/C=C\CCCCCCCC(=O)OC(COC(=O)CCC/C=C\C/C=C\C/C=C\C/C=C\C/C=C\CC)COC(=O)CCCCCCC/C=C\CCCC. The highest BCUT2D eigenvalue weighted by atomic mass is 16.6. The highest BCUT2D eigenvalue weighted by Gasteiger charge is 2.19. The fourth-order valence-electron chi connectivity index (χ4n) is 5.94. The Morgan fingerprint density at radius 2 is 0.738 bits per heavy atom. The monoisotopic (exact) mass is 843 g/mol. The zero-order valence-corrected chi connectivity index (χ0v) is 38.9. The zero-order valence-electron chi connectivity index (χ0n) is 38.9. The van der Waals surface area contributed by atoms with Gasteiger partial charge in [0.05, 0.1) is 0 Å². The third-order valence-corrected chi connectivity index (χ3v) is 9.53. The molecular weight excluding hydrogens is 757 g/mol. The Morgan fingerprint density at radius 3 is 1.28 bits per heavy atom. The number of unbranched alkanes of at least 4 members (excludes halogenated alkanes) is 13. The first-order valence-corrected chi connectivity index (χ1v) is 24.1. The van der Waals surface area contributed by atoms with E-state index < -0.39 is 6.10 Å². The third-order valence-electron chi connectivity index (χ3n) is 9.53. The molecule has 0 saturated heterocycles. The summed E-state index contributed by atoms with van der Waals surface area (Å²) in [6.45, 7) is 6.24. The maximum atomic E-state index is 12.8. The van der Waals surface area contributed by atoms with Crippen molar-refractivity contribution >= 4 is 17.9 Å². The number of rotatable bonds is 41. The van der Waals surface area contributed by atoms with Gasteiger partial charge in [-0.1, -0.05) is 194 Å². The topological polar surface area (TPSA) is 78.9 Å². The van der Waals surface area contributed by atoms with Crippen molar-refractivity contribution in [1.82, 2.24) is 0 Å². The van der Waals surface area contributed by atoms with Gasteiger partial charge in [-0.25, -0.2) is 0 Å². The molecule has 0 bridgehead atoms. The summed E-state index contributed by atoms with van der Waals surface area (Å²) in [5.41, 5.74) is 0. The van der Waals surface area contributed by atoms with Gasteiger partial charge in [0.25, 0.3) is 0 Å². The van der Waals surface area contributed by atoms with Crippen molar-refractivity contribution in [3.8, 4) is 0 Å². The second kappa shape index (κ2) is 48.5. The van der Waals surface area contributed by atoms with Crippen LogP contribution in [0.4, 0.5) is 0 Å². The van der Waals surface area contributed by atoms with E-state index >= 15 is 0 Å². The lowest BCUT2D eigenvalue weighted by atomic mass is 10.1. The molecule has 0 aromatic rings. The fraction of sp³-hybridized carbons (Fsp3) is 0.582. The maximum Gasteiger partial charge on any atom is 0.306 e. The van der Waals surface area contributed by atoms with E-state index in [-0.39, 0.29) is 44.0 Å². The molecular formula is C55H86O6. The van der Waals surface area contributed by atoms with Crippen molar-refractivity contribution in [2.24, 2.45) is 0 Å². The molecule has 0 aliphatic rings. The number of carbonyl (C=O) groups excluding carboxylic acids is 3. The standard InChI is InChI=1S/C55H86O6/c1-4-7-10-13-16-19-22-24-26-27-29-30-33-36-39-42-45-48-54(57)60-51-52(50-59-53(56)47-44-41-38-35-32-21-18-15-12-9-6-3)61-55(58)49-46-43-40-37-34-31-28-25-23-20-17-14-11-8-5-2/h7-8,10-11,14-20,23-26,28-30,36,39,52H,4-6,9,12-13,21-22,27,31-35,37-38,40-51H2,1-3H3/b10-7-,11-8-,17-14-,18-15-,19-16-,23-20-,26-24-,28-25-,30-29-,39-36-. The minimum atomic E-state index is -0.819. The predicted octanol–water partition coefficient (Wildman–Crippen LogP) is 15.7. The van der Waals surface area contributed by atoms with Gasteiger partial charge in [-0.05, 0) is 96.3 Å². The largest absolute Gasteiger partial charge is 0.462 e. The number of hydrogen-bond acceptors (Lipinski definition) is 6. The molecule has 0 spiro atoms. The summed E-state index contributed by atoms with van der Waals surface area (Å²) in [6, 6.07) is 0. The Morgan fingerprint density at radius 1 is 0.361 bits per heavy atom. The molecule has 0 aliphatic carbocycles. The molecule has 0 aromatic carbocycles. The molecule has 61 heavy (non-hydrogen) atoms. The van der Waals surface area contributed by atoms with Crippen LogP contribution >= 0.6 is 0 Å². The molecule has 0 amide bonds. The van der Waals surface area contributed by atoms with Gasteiger partial charge in [-0.15, -0.1) is 0 Å². The van der Waals surface area contributed by atoms with E-state index in [1.54, 1.807) is 0 Å². The summed E-state index contributed by atoms with van der Waals surface area (Å²) in [4.78, 5) is 37.8. The van der Waals surface area contributed by atoms with Crippen LogP contribution < -0.4 is 0 Å². The smallest absolute Gasteiger partial charge is 0.306 e. The lowest BCUT2D eigenvalue weighted by Crippen LogP contribution is -2.30. The normalized spacial score (nSPS) is 13.2. The molecule has 0 aliphatic heterocycles. The molecule has 6 heteroatoms. The Labute approximate surface area is 373 Å². The van der Waals surface area contributed by atoms with Crippen LogP contribution in [0.1, 0.15) is 188 Å². The van der Waals surface area contributed by atoms with Crippen molar-refractivity contribution in [3.63, 3.8) is 0 Å². The Kier molecular flexibility index (Phi) is 45.1. The third kappa shape index (κ3) is 46.7. The van der Waals surface area contributed by atoms with Gasteiger partial charge in [0.2, 0.25) is 0 Å². The van der Waals surface area contributed by atoms with Crippen molar-refractivity contribution in [3.05, 3.63) is 122 Å². The predicted molar refractivity (Wildman–Crippen MR) is 260 cm³/mol. The second-order valence-electron chi connectivity index (χ2n) is 15.3. The van der Waals surface area contributed by atoms with Gasteiger partial charge >= 0.3 is 17.9 Å².